The second kappa shape index (κ2) is 6.12. The van der Waals surface area contributed by atoms with Gasteiger partial charge in [0.25, 0.3) is 0 Å². The van der Waals surface area contributed by atoms with E-state index >= 15 is 0 Å². The van der Waals surface area contributed by atoms with Crippen molar-refractivity contribution in [2.24, 2.45) is 16.2 Å². The Balaban J connectivity index is 1.69. The number of fused-ring (bicyclic) bond motifs is 4. The van der Waals surface area contributed by atoms with Crippen LogP contribution in [0.15, 0.2) is 34.5 Å². The quantitative estimate of drug-likeness (QED) is 0.659. The third-order valence-corrected chi connectivity index (χ3v) is 4.35. The van der Waals surface area contributed by atoms with E-state index < -0.39 is 6.29 Å². The molecule has 1 aromatic carbocycles. The summed E-state index contributed by atoms with van der Waals surface area (Å²) in [6, 6.07) is 7.70. The highest BCUT2D eigenvalue weighted by Gasteiger charge is 2.55. The number of hydrogen-bond acceptors (Lipinski definition) is 7. The zero-order chi connectivity index (χ0) is 16.7. The van der Waals surface area contributed by atoms with Crippen molar-refractivity contribution in [3.63, 3.8) is 0 Å². The maximum Gasteiger partial charge on any atom is 0.200 e. The summed E-state index contributed by atoms with van der Waals surface area (Å²) in [7, 11) is 1.64. The smallest absolute Gasteiger partial charge is 0.200 e. The molecule has 3 heterocycles. The lowest BCUT2D eigenvalue weighted by Gasteiger charge is -2.30. The Hall–Kier alpha value is -2.03. The van der Waals surface area contributed by atoms with Crippen LogP contribution < -0.4 is 10.2 Å². The molecule has 0 saturated carbocycles. The molecule has 0 radical (unpaired) electrons. The van der Waals surface area contributed by atoms with Crippen LogP contribution in [0.25, 0.3) is 0 Å². The number of methoxy groups -OCH3 is 1. The highest BCUT2D eigenvalue weighted by Crippen LogP contribution is 2.38. The summed E-state index contributed by atoms with van der Waals surface area (Å²) in [5.41, 5.74) is 5.30. The van der Waals surface area contributed by atoms with Crippen LogP contribution in [0.4, 0.5) is 0 Å². The summed E-state index contributed by atoms with van der Waals surface area (Å²) < 4.78 is 16.7. The monoisotopic (exact) mass is 347 g/mol. The van der Waals surface area contributed by atoms with E-state index in [4.69, 9.17) is 31.3 Å². The normalized spacial score (nSPS) is 32.1. The molecular weight excluding hydrogens is 330 g/mol. The molecule has 0 amide bonds. The molecule has 4 atom stereocenters. The van der Waals surface area contributed by atoms with Crippen LogP contribution in [0, 0.1) is 5.92 Å². The Morgan fingerprint density at radius 2 is 2.17 bits per heavy atom. The van der Waals surface area contributed by atoms with Gasteiger partial charge in [-0.25, -0.2) is 0 Å². The highest BCUT2D eigenvalue weighted by molar-refractivity contribution is 7.80. The zero-order valence-corrected chi connectivity index (χ0v) is 14.1. The van der Waals surface area contributed by atoms with E-state index in [9.17, 15) is 0 Å². The number of hydrazone groups is 1. The van der Waals surface area contributed by atoms with Gasteiger partial charge in [-0.1, -0.05) is 17.4 Å². The molecule has 3 aliphatic rings. The molecule has 2 fully saturated rings. The van der Waals surface area contributed by atoms with Gasteiger partial charge in [-0.15, -0.1) is 0 Å². The van der Waals surface area contributed by atoms with E-state index in [1.807, 2.05) is 24.3 Å². The summed E-state index contributed by atoms with van der Waals surface area (Å²) in [6.45, 7) is 2.23. The van der Waals surface area contributed by atoms with Crippen molar-refractivity contribution in [1.82, 2.24) is 5.43 Å². The Morgan fingerprint density at radius 1 is 1.38 bits per heavy atom. The average molecular weight is 347 g/mol. The topological polar surface area (TPSA) is 73.7 Å². The summed E-state index contributed by atoms with van der Waals surface area (Å²) in [6.07, 6.45) is -0.887. The molecule has 1 aromatic rings. The maximum atomic E-state index is 5.82. The molecule has 4 unspecified atom stereocenters. The molecule has 1 N–H and O–H groups in total. The number of thiocarbonyl (C=S) groups is 1. The van der Waals surface area contributed by atoms with Crippen LogP contribution in [0.5, 0.6) is 5.75 Å². The van der Waals surface area contributed by atoms with Gasteiger partial charge in [-0.3, -0.25) is 5.43 Å². The fourth-order valence-corrected chi connectivity index (χ4v) is 3.18. The lowest BCUT2D eigenvalue weighted by Crippen LogP contribution is -2.49. The third kappa shape index (κ3) is 2.56. The summed E-state index contributed by atoms with van der Waals surface area (Å²) in [5.74, 6) is 0.656. The summed E-state index contributed by atoms with van der Waals surface area (Å²) >= 11 is 5.04. The number of benzene rings is 1. The Bertz CT molecular complexity index is 719. The highest BCUT2D eigenvalue weighted by atomic mass is 32.1. The van der Waals surface area contributed by atoms with Crippen LogP contribution in [-0.2, 0) is 14.3 Å². The molecule has 8 heteroatoms. The van der Waals surface area contributed by atoms with Crippen molar-refractivity contribution in [2.75, 3.05) is 13.7 Å². The summed E-state index contributed by atoms with van der Waals surface area (Å²) in [4.78, 5) is 6.23. The van der Waals surface area contributed by atoms with E-state index in [2.05, 4.69) is 15.7 Å². The molecule has 0 spiro atoms. The van der Waals surface area contributed by atoms with Gasteiger partial charge in [0.1, 0.15) is 17.6 Å². The van der Waals surface area contributed by atoms with E-state index in [0.717, 1.165) is 17.0 Å². The van der Waals surface area contributed by atoms with Crippen LogP contribution >= 0.6 is 12.2 Å². The van der Waals surface area contributed by atoms with Gasteiger partial charge in [0.05, 0.1) is 30.3 Å². The first kappa shape index (κ1) is 15.5. The Kier molecular flexibility index (Phi) is 3.95. The number of rotatable bonds is 3. The molecule has 2 bridgehead atoms. The Morgan fingerprint density at radius 3 is 2.88 bits per heavy atom. The first-order valence-electron chi connectivity index (χ1n) is 7.66. The number of oxime groups is 1. The van der Waals surface area contributed by atoms with E-state index in [-0.39, 0.29) is 18.1 Å². The van der Waals surface area contributed by atoms with Crippen molar-refractivity contribution in [1.29, 1.82) is 0 Å². The predicted octanol–water partition coefficient (Wildman–Crippen LogP) is 1.46. The van der Waals surface area contributed by atoms with Gasteiger partial charge in [0.15, 0.2) is 12.4 Å². The third-order valence-electron chi connectivity index (χ3n) is 4.26. The van der Waals surface area contributed by atoms with E-state index in [0.29, 0.717) is 17.3 Å². The van der Waals surface area contributed by atoms with Crippen molar-refractivity contribution < 1.29 is 19.0 Å². The number of nitrogens with one attached hydrogen (secondary N) is 1. The zero-order valence-electron chi connectivity index (χ0n) is 13.3. The second-order valence-corrected chi connectivity index (χ2v) is 6.41. The first-order valence-corrected chi connectivity index (χ1v) is 8.07. The minimum absolute atomic E-state index is 0.133. The number of hydrogen-bond donors (Lipinski definition) is 1. The van der Waals surface area contributed by atoms with Gasteiger partial charge >= 0.3 is 0 Å². The van der Waals surface area contributed by atoms with E-state index in [1.165, 1.54) is 0 Å². The van der Waals surface area contributed by atoms with Crippen LogP contribution in [-0.4, -0.2) is 48.6 Å². The molecule has 126 valence electrons. The number of nitrogens with zero attached hydrogens (tertiary/aromatic N) is 2. The van der Waals surface area contributed by atoms with Gasteiger partial charge < -0.3 is 19.0 Å². The lowest BCUT2D eigenvalue weighted by atomic mass is 9.84. The number of ether oxygens (including phenoxy) is 3. The van der Waals surface area contributed by atoms with Crippen LogP contribution in [0.1, 0.15) is 12.5 Å². The Labute approximate surface area is 144 Å². The molecule has 2 saturated heterocycles. The fourth-order valence-electron chi connectivity index (χ4n) is 3.13. The molecule has 4 rings (SSSR count). The fraction of sp³-hybridized carbons (Fsp3) is 0.438. The van der Waals surface area contributed by atoms with Gasteiger partial charge in [0, 0.05) is 5.56 Å². The molecule has 3 aliphatic heterocycles. The van der Waals surface area contributed by atoms with Crippen molar-refractivity contribution in [3.8, 4) is 5.75 Å². The van der Waals surface area contributed by atoms with Gasteiger partial charge in [-0.05, 0) is 31.2 Å². The largest absolute Gasteiger partial charge is 0.497 e. The SMILES string of the molecule is COc1ccc(C2=NOC3C4COC(O4)/C(=N\NC(C)=S)C23)cc1. The second-order valence-electron chi connectivity index (χ2n) is 5.80. The molecule has 0 aromatic heterocycles. The molecule has 7 nitrogen and oxygen atoms in total. The van der Waals surface area contributed by atoms with Crippen molar-refractivity contribution in [3.05, 3.63) is 29.8 Å². The maximum absolute atomic E-state index is 5.82. The average Bonchev–Trinajstić information content (AvgIpc) is 3.21. The summed E-state index contributed by atoms with van der Waals surface area (Å²) in [5, 5.41) is 8.70. The van der Waals surface area contributed by atoms with Crippen molar-refractivity contribution in [2.45, 2.75) is 25.4 Å². The van der Waals surface area contributed by atoms with Gasteiger partial charge in [-0.2, -0.15) is 5.10 Å². The minimum atomic E-state index is -0.497. The van der Waals surface area contributed by atoms with Crippen LogP contribution in [0.2, 0.25) is 0 Å². The minimum Gasteiger partial charge on any atom is -0.497 e. The standard InChI is InChI=1S/C16H17N3O4S/c1-8(24)17-18-14-12-13(9-3-5-10(20-2)6-4-9)19-23-15(12)11-7-21-16(14)22-11/h3-6,11-12,15-16H,7H2,1-2H3,(H,17,24)/b18-14-. The van der Waals surface area contributed by atoms with Crippen LogP contribution in [0.3, 0.4) is 0 Å². The van der Waals surface area contributed by atoms with Gasteiger partial charge in [0.2, 0.25) is 0 Å². The van der Waals surface area contributed by atoms with Crippen molar-refractivity contribution >= 4 is 28.6 Å². The van der Waals surface area contributed by atoms with E-state index in [1.54, 1.807) is 14.0 Å². The molecule has 24 heavy (non-hydrogen) atoms. The lowest BCUT2D eigenvalue weighted by molar-refractivity contribution is -0.0812. The molecular formula is C16H17N3O4S. The molecule has 0 aliphatic carbocycles. The predicted molar refractivity (Wildman–Crippen MR) is 91.3 cm³/mol. The first-order chi connectivity index (χ1) is 11.7.